The molecule has 0 amide bonds. The lowest BCUT2D eigenvalue weighted by Crippen LogP contribution is -2.47. The Morgan fingerprint density at radius 2 is 1.71 bits per heavy atom. The summed E-state index contributed by atoms with van der Waals surface area (Å²) in [6.45, 7) is 4.64. The van der Waals surface area contributed by atoms with Crippen LogP contribution in [-0.4, -0.2) is 36.1 Å². The molecule has 3 nitrogen and oxygen atoms in total. The molecule has 2 aromatic rings. The van der Waals surface area contributed by atoms with E-state index in [2.05, 4.69) is 45.7 Å². The van der Waals surface area contributed by atoms with Crippen LogP contribution >= 0.6 is 24.8 Å². The van der Waals surface area contributed by atoms with E-state index in [-0.39, 0.29) is 24.8 Å². The molecule has 1 aromatic heterocycles. The molecule has 24 heavy (non-hydrogen) atoms. The molecule has 2 heterocycles. The molecule has 1 aliphatic heterocycles. The number of hydrogen-bond donors (Lipinski definition) is 2. The molecule has 1 saturated carbocycles. The van der Waals surface area contributed by atoms with Gasteiger partial charge in [-0.1, -0.05) is 25.3 Å². The molecule has 2 N–H and O–H groups in total. The molecule has 1 aliphatic carbocycles. The van der Waals surface area contributed by atoms with Crippen LogP contribution in [0.5, 0.6) is 0 Å². The summed E-state index contributed by atoms with van der Waals surface area (Å²) in [5, 5.41) is 4.86. The SMILES string of the molecule is Cl.Cl.c1cc2cc([C@H](C3CCCCC3)N3CCNCC3)ccc2[nH]1. The molecule has 0 bridgehead atoms. The van der Waals surface area contributed by atoms with E-state index >= 15 is 0 Å². The third kappa shape index (κ3) is 4.08. The van der Waals surface area contributed by atoms with Crippen molar-refractivity contribution in [1.29, 1.82) is 0 Å². The Hall–Kier alpha value is -0.740. The number of nitrogens with one attached hydrogen (secondary N) is 2. The summed E-state index contributed by atoms with van der Waals surface area (Å²) < 4.78 is 0. The van der Waals surface area contributed by atoms with E-state index in [0.29, 0.717) is 6.04 Å². The van der Waals surface area contributed by atoms with E-state index in [0.717, 1.165) is 19.0 Å². The second kappa shape index (κ2) is 9.10. The van der Waals surface area contributed by atoms with Crippen molar-refractivity contribution in [1.82, 2.24) is 15.2 Å². The first-order valence-electron chi connectivity index (χ1n) is 8.93. The number of aromatic nitrogens is 1. The Bertz CT molecular complexity index is 598. The highest BCUT2D eigenvalue weighted by molar-refractivity contribution is 5.85. The molecule has 0 unspecified atom stereocenters. The number of halogens is 2. The summed E-state index contributed by atoms with van der Waals surface area (Å²) in [6.07, 6.45) is 9.12. The Morgan fingerprint density at radius 1 is 0.958 bits per heavy atom. The van der Waals surface area contributed by atoms with Gasteiger partial charge >= 0.3 is 0 Å². The summed E-state index contributed by atoms with van der Waals surface area (Å²) in [5.41, 5.74) is 2.78. The molecule has 2 fully saturated rings. The van der Waals surface area contributed by atoms with Crippen molar-refractivity contribution in [2.75, 3.05) is 26.2 Å². The molecular weight excluding hydrogens is 341 g/mol. The van der Waals surface area contributed by atoms with Crippen LogP contribution in [0.2, 0.25) is 0 Å². The van der Waals surface area contributed by atoms with Crippen LogP contribution < -0.4 is 5.32 Å². The summed E-state index contributed by atoms with van der Waals surface area (Å²) in [7, 11) is 0. The predicted octanol–water partition coefficient (Wildman–Crippen LogP) is 4.54. The minimum atomic E-state index is 0. The first-order chi connectivity index (χ1) is 10.9. The van der Waals surface area contributed by atoms with Crippen LogP contribution in [0.25, 0.3) is 10.9 Å². The predicted molar refractivity (Wildman–Crippen MR) is 107 cm³/mol. The van der Waals surface area contributed by atoms with Gasteiger partial charge in [0, 0.05) is 43.9 Å². The van der Waals surface area contributed by atoms with E-state index in [1.165, 1.54) is 61.7 Å². The zero-order valence-corrected chi connectivity index (χ0v) is 15.8. The fourth-order valence-electron chi connectivity index (χ4n) is 4.45. The van der Waals surface area contributed by atoms with Gasteiger partial charge in [-0.3, -0.25) is 4.90 Å². The average Bonchev–Trinajstić information content (AvgIpc) is 3.05. The lowest BCUT2D eigenvalue weighted by atomic mass is 9.80. The Balaban J connectivity index is 0.00000104. The quantitative estimate of drug-likeness (QED) is 0.831. The van der Waals surface area contributed by atoms with E-state index in [4.69, 9.17) is 0 Å². The fraction of sp³-hybridized carbons (Fsp3) is 0.579. The molecule has 5 heteroatoms. The maximum atomic E-state index is 3.50. The zero-order chi connectivity index (χ0) is 14.8. The van der Waals surface area contributed by atoms with Gasteiger partial charge in [0.25, 0.3) is 0 Å². The third-order valence-electron chi connectivity index (χ3n) is 5.56. The molecule has 1 saturated heterocycles. The molecule has 1 atom stereocenters. The van der Waals surface area contributed by atoms with Crippen molar-refractivity contribution in [2.45, 2.75) is 38.1 Å². The average molecular weight is 370 g/mol. The Labute approximate surface area is 157 Å². The van der Waals surface area contributed by atoms with Gasteiger partial charge in [0.15, 0.2) is 0 Å². The van der Waals surface area contributed by atoms with Gasteiger partial charge < -0.3 is 10.3 Å². The van der Waals surface area contributed by atoms with Crippen LogP contribution in [0.3, 0.4) is 0 Å². The van der Waals surface area contributed by atoms with Gasteiger partial charge in [0.05, 0.1) is 0 Å². The molecule has 134 valence electrons. The maximum Gasteiger partial charge on any atom is 0.0454 e. The van der Waals surface area contributed by atoms with Crippen LogP contribution in [-0.2, 0) is 0 Å². The Kier molecular flexibility index (Phi) is 7.42. The lowest BCUT2D eigenvalue weighted by Gasteiger charge is -2.41. The van der Waals surface area contributed by atoms with Crippen molar-refractivity contribution in [2.24, 2.45) is 5.92 Å². The van der Waals surface area contributed by atoms with Crippen molar-refractivity contribution < 1.29 is 0 Å². The zero-order valence-electron chi connectivity index (χ0n) is 14.2. The van der Waals surface area contributed by atoms with Crippen LogP contribution in [0.15, 0.2) is 30.5 Å². The molecule has 4 rings (SSSR count). The van der Waals surface area contributed by atoms with Gasteiger partial charge in [-0.2, -0.15) is 0 Å². The Morgan fingerprint density at radius 3 is 2.46 bits per heavy atom. The molecule has 0 radical (unpaired) electrons. The minimum Gasteiger partial charge on any atom is -0.361 e. The van der Waals surface area contributed by atoms with Gasteiger partial charge in [-0.05, 0) is 47.9 Å². The summed E-state index contributed by atoms with van der Waals surface area (Å²) in [6, 6.07) is 9.87. The van der Waals surface area contributed by atoms with Crippen LogP contribution in [0, 0.1) is 5.92 Å². The second-order valence-corrected chi connectivity index (χ2v) is 6.95. The van der Waals surface area contributed by atoms with Crippen molar-refractivity contribution in [3.8, 4) is 0 Å². The van der Waals surface area contributed by atoms with E-state index < -0.39 is 0 Å². The lowest BCUT2D eigenvalue weighted by molar-refractivity contribution is 0.103. The third-order valence-corrected chi connectivity index (χ3v) is 5.56. The standard InChI is InChI=1S/C19H27N3.2ClH/c1-2-4-15(5-3-1)19(22-12-10-20-11-13-22)17-6-7-18-16(14-17)8-9-21-18;;/h6-9,14-15,19-21H,1-5,10-13H2;2*1H/t19-;;/m0../s1. The second-order valence-electron chi connectivity index (χ2n) is 6.95. The highest BCUT2D eigenvalue weighted by atomic mass is 35.5. The number of piperazine rings is 1. The first kappa shape index (κ1) is 19.6. The number of aromatic amines is 1. The van der Waals surface area contributed by atoms with Gasteiger partial charge in [-0.25, -0.2) is 0 Å². The van der Waals surface area contributed by atoms with Crippen LogP contribution in [0.1, 0.15) is 43.7 Å². The fourth-order valence-corrected chi connectivity index (χ4v) is 4.45. The minimum absolute atomic E-state index is 0. The van der Waals surface area contributed by atoms with E-state index in [1.807, 2.05) is 0 Å². The number of benzene rings is 1. The van der Waals surface area contributed by atoms with Gasteiger partial charge in [0.2, 0.25) is 0 Å². The molecule has 2 aliphatic rings. The molecule has 1 aromatic carbocycles. The highest BCUT2D eigenvalue weighted by Gasteiger charge is 2.30. The van der Waals surface area contributed by atoms with Crippen molar-refractivity contribution in [3.63, 3.8) is 0 Å². The maximum absolute atomic E-state index is 3.50. The summed E-state index contributed by atoms with van der Waals surface area (Å²) in [4.78, 5) is 6.06. The monoisotopic (exact) mass is 369 g/mol. The van der Waals surface area contributed by atoms with E-state index in [1.54, 1.807) is 0 Å². The number of hydrogen-bond acceptors (Lipinski definition) is 2. The van der Waals surface area contributed by atoms with Gasteiger partial charge in [-0.15, -0.1) is 24.8 Å². The summed E-state index contributed by atoms with van der Waals surface area (Å²) >= 11 is 0. The van der Waals surface area contributed by atoms with Crippen molar-refractivity contribution in [3.05, 3.63) is 36.0 Å². The number of H-pyrrole nitrogens is 1. The van der Waals surface area contributed by atoms with Gasteiger partial charge in [0.1, 0.15) is 0 Å². The molecule has 0 spiro atoms. The highest BCUT2D eigenvalue weighted by Crippen LogP contribution is 2.39. The number of fused-ring (bicyclic) bond motifs is 1. The number of nitrogens with zero attached hydrogens (tertiary/aromatic N) is 1. The van der Waals surface area contributed by atoms with Crippen molar-refractivity contribution >= 4 is 35.7 Å². The smallest absolute Gasteiger partial charge is 0.0454 e. The topological polar surface area (TPSA) is 31.1 Å². The van der Waals surface area contributed by atoms with E-state index in [9.17, 15) is 0 Å². The normalized spacial score (nSPS) is 21.0. The van der Waals surface area contributed by atoms with Crippen LogP contribution in [0.4, 0.5) is 0 Å². The molecular formula is C19H29Cl2N3. The number of rotatable bonds is 3. The largest absolute Gasteiger partial charge is 0.361 e. The summed E-state index contributed by atoms with van der Waals surface area (Å²) in [5.74, 6) is 0.836. The first-order valence-corrected chi connectivity index (χ1v) is 8.93.